The molecule has 2 aliphatic heterocycles. The van der Waals surface area contributed by atoms with Crippen molar-refractivity contribution in [1.82, 2.24) is 14.8 Å². The van der Waals surface area contributed by atoms with Crippen molar-refractivity contribution in [1.29, 1.82) is 0 Å². The van der Waals surface area contributed by atoms with E-state index < -0.39 is 5.54 Å². The Morgan fingerprint density at radius 3 is 2.79 bits per heavy atom. The van der Waals surface area contributed by atoms with E-state index in [2.05, 4.69) is 23.7 Å². The molecule has 1 aromatic rings. The summed E-state index contributed by atoms with van der Waals surface area (Å²) in [5.41, 5.74) is 1.77. The van der Waals surface area contributed by atoms with Gasteiger partial charge < -0.3 is 4.90 Å². The second-order valence-electron chi connectivity index (χ2n) is 6.30. The van der Waals surface area contributed by atoms with E-state index in [9.17, 15) is 4.79 Å². The lowest BCUT2D eigenvalue weighted by molar-refractivity contribution is -0.143. The minimum absolute atomic E-state index is 0.119. The highest BCUT2D eigenvalue weighted by Crippen LogP contribution is 2.55. The van der Waals surface area contributed by atoms with Crippen molar-refractivity contribution in [2.75, 3.05) is 20.6 Å². The van der Waals surface area contributed by atoms with Gasteiger partial charge in [-0.05, 0) is 43.9 Å². The average Bonchev–Trinajstić information content (AvgIpc) is 2.89. The number of carbonyl (C=O) groups is 1. The van der Waals surface area contributed by atoms with Crippen LogP contribution >= 0.6 is 0 Å². The van der Waals surface area contributed by atoms with E-state index in [1.165, 1.54) is 5.56 Å². The van der Waals surface area contributed by atoms with Gasteiger partial charge in [-0.1, -0.05) is 0 Å². The van der Waals surface area contributed by atoms with Gasteiger partial charge in [0.15, 0.2) is 0 Å². The Labute approximate surface area is 114 Å². The lowest BCUT2D eigenvalue weighted by Crippen LogP contribution is -2.53. The van der Waals surface area contributed by atoms with Crippen molar-refractivity contribution < 1.29 is 4.79 Å². The summed E-state index contributed by atoms with van der Waals surface area (Å²) in [6.45, 7) is 5.37. The molecule has 102 valence electrons. The van der Waals surface area contributed by atoms with Gasteiger partial charge in [-0.15, -0.1) is 0 Å². The van der Waals surface area contributed by atoms with E-state index in [1.807, 2.05) is 26.4 Å². The van der Waals surface area contributed by atoms with Gasteiger partial charge in [0.05, 0.1) is 0 Å². The average molecular weight is 259 g/mol. The third kappa shape index (κ3) is 1.38. The molecule has 19 heavy (non-hydrogen) atoms. The number of likely N-dealkylation sites (N-methyl/N-ethyl adjacent to an activating group) is 1. The van der Waals surface area contributed by atoms with E-state index in [0.29, 0.717) is 0 Å². The second-order valence-corrected chi connectivity index (χ2v) is 6.30. The first kappa shape index (κ1) is 12.6. The van der Waals surface area contributed by atoms with Gasteiger partial charge in [-0.2, -0.15) is 0 Å². The van der Waals surface area contributed by atoms with E-state index in [4.69, 9.17) is 0 Å². The molecule has 1 saturated heterocycles. The Hall–Kier alpha value is -1.42. The summed E-state index contributed by atoms with van der Waals surface area (Å²) in [5, 5.41) is 0. The van der Waals surface area contributed by atoms with Crippen molar-refractivity contribution in [3.05, 3.63) is 29.6 Å². The van der Waals surface area contributed by atoms with Gasteiger partial charge >= 0.3 is 0 Å². The fraction of sp³-hybridized carbons (Fsp3) is 0.600. The Bertz CT molecular complexity index is 538. The first-order valence-corrected chi connectivity index (χ1v) is 6.87. The van der Waals surface area contributed by atoms with Gasteiger partial charge in [0.25, 0.3) is 0 Å². The molecule has 0 radical (unpaired) electrons. The van der Waals surface area contributed by atoms with Crippen molar-refractivity contribution >= 4 is 5.91 Å². The van der Waals surface area contributed by atoms with Crippen molar-refractivity contribution in [3.63, 3.8) is 0 Å². The lowest BCUT2D eigenvalue weighted by atomic mass is 9.86. The van der Waals surface area contributed by atoms with Crippen LogP contribution in [0.15, 0.2) is 18.5 Å². The molecule has 0 spiro atoms. The summed E-state index contributed by atoms with van der Waals surface area (Å²) < 4.78 is 0. The molecule has 2 aliphatic rings. The normalized spacial score (nSPS) is 28.0. The van der Waals surface area contributed by atoms with Gasteiger partial charge in [-0.25, -0.2) is 0 Å². The molecule has 0 bridgehead atoms. The molecular formula is C15H21N3O. The predicted molar refractivity (Wildman–Crippen MR) is 73.6 cm³/mol. The molecule has 1 aromatic heterocycles. The zero-order valence-corrected chi connectivity index (χ0v) is 12.1. The number of nitrogens with zero attached hydrogens (tertiary/aromatic N) is 3. The maximum absolute atomic E-state index is 12.9. The Balaban J connectivity index is 2.26. The quantitative estimate of drug-likeness (QED) is 0.770. The third-order valence-electron chi connectivity index (χ3n) is 4.74. The molecule has 1 fully saturated rings. The number of rotatable bonds is 1. The molecular weight excluding hydrogens is 238 g/mol. The maximum Gasteiger partial charge on any atom is 0.247 e. The van der Waals surface area contributed by atoms with Crippen LogP contribution in [0.4, 0.5) is 0 Å². The fourth-order valence-corrected chi connectivity index (χ4v) is 3.95. The van der Waals surface area contributed by atoms with Crippen LogP contribution < -0.4 is 0 Å². The van der Waals surface area contributed by atoms with Crippen LogP contribution in [0.3, 0.4) is 0 Å². The minimum atomic E-state index is -0.467. The molecule has 4 nitrogen and oxygen atoms in total. The van der Waals surface area contributed by atoms with Gasteiger partial charge in [0.1, 0.15) is 5.54 Å². The largest absolute Gasteiger partial charge is 0.347 e. The summed E-state index contributed by atoms with van der Waals surface area (Å²) >= 11 is 0. The van der Waals surface area contributed by atoms with E-state index in [1.54, 1.807) is 11.1 Å². The topological polar surface area (TPSA) is 36.4 Å². The molecule has 0 aromatic carbocycles. The minimum Gasteiger partial charge on any atom is -0.347 e. The van der Waals surface area contributed by atoms with Crippen molar-refractivity contribution in [2.24, 2.45) is 0 Å². The highest BCUT2D eigenvalue weighted by molar-refractivity contribution is 5.89. The van der Waals surface area contributed by atoms with Gasteiger partial charge in [0, 0.05) is 38.6 Å². The van der Waals surface area contributed by atoms with Crippen molar-refractivity contribution in [3.8, 4) is 0 Å². The third-order valence-corrected chi connectivity index (χ3v) is 4.74. The molecule has 3 rings (SSSR count). The Morgan fingerprint density at radius 2 is 2.11 bits per heavy atom. The van der Waals surface area contributed by atoms with E-state index in [-0.39, 0.29) is 11.4 Å². The predicted octanol–water partition coefficient (Wildman–Crippen LogP) is 1.71. The van der Waals surface area contributed by atoms with Crippen LogP contribution in [0.2, 0.25) is 0 Å². The van der Waals surface area contributed by atoms with Crippen LogP contribution in [-0.4, -0.2) is 41.3 Å². The van der Waals surface area contributed by atoms with Crippen molar-refractivity contribution in [2.45, 2.75) is 37.8 Å². The van der Waals surface area contributed by atoms with Crippen LogP contribution in [0, 0.1) is 0 Å². The van der Waals surface area contributed by atoms with Crippen LogP contribution in [0.25, 0.3) is 0 Å². The standard InChI is InChI=1S/C15H21N3O/c1-14(2)12-10-16-8-6-11(12)15(13(19)17(3)4)7-5-9-18(14)15/h6,8,10H,5,7,9H2,1-4H3. The second kappa shape index (κ2) is 3.79. The number of amides is 1. The Kier molecular flexibility index (Phi) is 2.52. The number of fused-ring (bicyclic) bond motifs is 3. The molecule has 0 aliphatic carbocycles. The molecule has 0 N–H and O–H groups in total. The molecule has 0 saturated carbocycles. The summed E-state index contributed by atoms with van der Waals surface area (Å²) in [4.78, 5) is 21.2. The number of carbonyl (C=O) groups excluding carboxylic acids is 1. The highest BCUT2D eigenvalue weighted by Gasteiger charge is 2.60. The molecule has 1 atom stereocenters. The molecule has 4 heteroatoms. The van der Waals surface area contributed by atoms with Crippen LogP contribution in [0.5, 0.6) is 0 Å². The fourth-order valence-electron chi connectivity index (χ4n) is 3.95. The Morgan fingerprint density at radius 1 is 1.37 bits per heavy atom. The number of hydrogen-bond donors (Lipinski definition) is 0. The maximum atomic E-state index is 12.9. The van der Waals surface area contributed by atoms with Gasteiger partial charge in [-0.3, -0.25) is 14.7 Å². The van der Waals surface area contributed by atoms with Crippen LogP contribution in [-0.2, 0) is 15.9 Å². The first-order valence-electron chi connectivity index (χ1n) is 6.87. The highest BCUT2D eigenvalue weighted by atomic mass is 16.2. The van der Waals surface area contributed by atoms with Crippen LogP contribution in [0.1, 0.15) is 37.8 Å². The van der Waals surface area contributed by atoms with Gasteiger partial charge in [0.2, 0.25) is 5.91 Å². The van der Waals surface area contributed by atoms with E-state index >= 15 is 0 Å². The summed E-state index contributed by atoms with van der Waals surface area (Å²) in [7, 11) is 3.69. The molecule has 3 heterocycles. The number of hydrogen-bond acceptors (Lipinski definition) is 3. The molecule has 1 unspecified atom stereocenters. The smallest absolute Gasteiger partial charge is 0.247 e. The monoisotopic (exact) mass is 259 g/mol. The SMILES string of the molecule is CN(C)C(=O)C12CCCN1C(C)(C)c1cnccc12. The number of pyridine rings is 1. The lowest BCUT2D eigenvalue weighted by Gasteiger charge is -2.39. The zero-order valence-electron chi connectivity index (χ0n) is 12.1. The zero-order chi connectivity index (χ0) is 13.8. The van der Waals surface area contributed by atoms with E-state index in [0.717, 1.165) is 24.9 Å². The summed E-state index contributed by atoms with van der Waals surface area (Å²) in [6.07, 6.45) is 5.72. The summed E-state index contributed by atoms with van der Waals surface area (Å²) in [5.74, 6) is 0.197. The number of aromatic nitrogens is 1. The first-order chi connectivity index (χ1) is 8.92. The molecule has 1 amide bonds. The summed E-state index contributed by atoms with van der Waals surface area (Å²) in [6, 6.07) is 2.03.